The third kappa shape index (κ3) is 5.20. The van der Waals surface area contributed by atoms with Gasteiger partial charge in [-0.2, -0.15) is 0 Å². The van der Waals surface area contributed by atoms with Crippen LogP contribution in [0.25, 0.3) is 0 Å². The number of nitrogens with one attached hydrogen (secondary N) is 2. The van der Waals surface area contributed by atoms with E-state index in [4.69, 9.17) is 5.11 Å². The number of carboxylic acid groups (broad SMARTS) is 1. The van der Waals surface area contributed by atoms with E-state index < -0.39 is 5.97 Å². The largest absolute Gasteiger partial charge is 0.480 e. The van der Waals surface area contributed by atoms with Crippen LogP contribution in [0.1, 0.15) is 31.2 Å². The predicted molar refractivity (Wildman–Crippen MR) is 81.4 cm³/mol. The minimum atomic E-state index is -1.07. The van der Waals surface area contributed by atoms with Crippen LogP contribution in [0.2, 0.25) is 0 Å². The fourth-order valence-corrected chi connectivity index (χ4v) is 2.30. The van der Waals surface area contributed by atoms with Gasteiger partial charge in [0.2, 0.25) is 11.8 Å². The fourth-order valence-electron chi connectivity index (χ4n) is 2.30. The molecule has 1 aliphatic rings. The van der Waals surface area contributed by atoms with Gasteiger partial charge in [0, 0.05) is 12.1 Å². The second-order valence-corrected chi connectivity index (χ2v) is 5.59. The highest BCUT2D eigenvalue weighted by Gasteiger charge is 2.20. The fraction of sp³-hybridized carbons (Fsp3) is 0.438. The molecule has 0 radical (unpaired) electrons. The van der Waals surface area contributed by atoms with Gasteiger partial charge in [-0.25, -0.2) is 0 Å². The molecule has 1 aliphatic carbocycles. The molecule has 0 spiro atoms. The number of anilines is 1. The van der Waals surface area contributed by atoms with Crippen molar-refractivity contribution in [3.05, 3.63) is 29.8 Å². The molecule has 0 heterocycles. The Kier molecular flexibility index (Phi) is 5.52. The van der Waals surface area contributed by atoms with Gasteiger partial charge in [0.05, 0.1) is 6.42 Å². The number of amides is 2. The van der Waals surface area contributed by atoms with Crippen molar-refractivity contribution in [1.82, 2.24) is 5.32 Å². The van der Waals surface area contributed by atoms with E-state index in [2.05, 4.69) is 10.6 Å². The predicted octanol–water partition coefficient (Wildman–Crippen LogP) is 1.56. The van der Waals surface area contributed by atoms with Crippen LogP contribution in [0.4, 0.5) is 5.69 Å². The summed E-state index contributed by atoms with van der Waals surface area (Å²) in [6.07, 6.45) is 4.18. The van der Waals surface area contributed by atoms with Crippen LogP contribution in [-0.2, 0) is 20.8 Å². The maximum atomic E-state index is 11.8. The topological polar surface area (TPSA) is 95.5 Å². The summed E-state index contributed by atoms with van der Waals surface area (Å²) in [6, 6.07) is 7.00. The maximum Gasteiger partial charge on any atom is 0.322 e. The number of hydrogen-bond acceptors (Lipinski definition) is 3. The zero-order chi connectivity index (χ0) is 15.9. The van der Waals surface area contributed by atoms with Crippen molar-refractivity contribution in [2.45, 2.75) is 32.1 Å². The average molecular weight is 304 g/mol. The lowest BCUT2D eigenvalue weighted by molar-refractivity contribution is -0.137. The van der Waals surface area contributed by atoms with Gasteiger partial charge in [0.25, 0.3) is 0 Å². The first-order chi connectivity index (χ1) is 10.5. The summed E-state index contributed by atoms with van der Waals surface area (Å²) in [5, 5.41) is 13.6. The molecular formula is C16H20N2O4. The lowest BCUT2D eigenvalue weighted by Gasteiger charge is -2.24. The Morgan fingerprint density at radius 1 is 1.09 bits per heavy atom. The molecule has 0 unspecified atom stereocenters. The van der Waals surface area contributed by atoms with E-state index in [1.807, 2.05) is 0 Å². The molecule has 1 aromatic rings. The van der Waals surface area contributed by atoms with Crippen LogP contribution in [0.5, 0.6) is 0 Å². The molecule has 1 saturated carbocycles. The molecule has 0 aromatic heterocycles. The number of rotatable bonds is 7. The average Bonchev–Trinajstić information content (AvgIpc) is 2.43. The van der Waals surface area contributed by atoms with Gasteiger partial charge < -0.3 is 15.7 Å². The number of benzene rings is 1. The molecule has 2 rings (SSSR count). The van der Waals surface area contributed by atoms with Crippen LogP contribution < -0.4 is 10.6 Å². The summed E-state index contributed by atoms with van der Waals surface area (Å²) in [5.41, 5.74) is 1.47. The molecule has 0 atom stereocenters. The van der Waals surface area contributed by atoms with E-state index in [9.17, 15) is 14.4 Å². The van der Waals surface area contributed by atoms with E-state index in [-0.39, 0.29) is 24.8 Å². The third-order valence-electron chi connectivity index (χ3n) is 3.74. The standard InChI is InChI=1S/C16H20N2O4/c19-14(17-10-16(21)22)8-12-4-6-13(7-5-12)18-15(20)9-11-2-1-3-11/h4-7,11H,1-3,8-10H2,(H,17,19)(H,18,20)(H,21,22). The molecule has 6 heteroatoms. The van der Waals surface area contributed by atoms with Crippen molar-refractivity contribution in [3.63, 3.8) is 0 Å². The molecule has 0 saturated heterocycles. The van der Waals surface area contributed by atoms with Crippen LogP contribution in [-0.4, -0.2) is 29.4 Å². The summed E-state index contributed by atoms with van der Waals surface area (Å²) in [7, 11) is 0. The quantitative estimate of drug-likeness (QED) is 0.712. The minimum absolute atomic E-state index is 0.0247. The van der Waals surface area contributed by atoms with Gasteiger partial charge in [0.1, 0.15) is 6.54 Å². The minimum Gasteiger partial charge on any atom is -0.480 e. The van der Waals surface area contributed by atoms with Crippen LogP contribution >= 0.6 is 0 Å². The number of carbonyl (C=O) groups is 3. The highest BCUT2D eigenvalue weighted by Crippen LogP contribution is 2.29. The van der Waals surface area contributed by atoms with Crippen LogP contribution in [0.15, 0.2) is 24.3 Å². The van der Waals surface area contributed by atoms with E-state index >= 15 is 0 Å². The Morgan fingerprint density at radius 3 is 2.32 bits per heavy atom. The van der Waals surface area contributed by atoms with Crippen molar-refractivity contribution in [1.29, 1.82) is 0 Å². The molecule has 2 amide bonds. The Morgan fingerprint density at radius 2 is 1.77 bits per heavy atom. The Labute approximate surface area is 128 Å². The van der Waals surface area contributed by atoms with Crippen molar-refractivity contribution < 1.29 is 19.5 Å². The first-order valence-electron chi connectivity index (χ1n) is 7.40. The van der Waals surface area contributed by atoms with E-state index in [1.165, 1.54) is 6.42 Å². The zero-order valence-electron chi connectivity index (χ0n) is 12.3. The molecule has 1 fully saturated rings. The monoisotopic (exact) mass is 304 g/mol. The molecular weight excluding hydrogens is 284 g/mol. The molecule has 6 nitrogen and oxygen atoms in total. The number of aliphatic carboxylic acids is 1. The lowest BCUT2D eigenvalue weighted by Crippen LogP contribution is -2.30. The number of hydrogen-bond donors (Lipinski definition) is 3. The molecule has 22 heavy (non-hydrogen) atoms. The van der Waals surface area contributed by atoms with Crippen LogP contribution in [0, 0.1) is 5.92 Å². The van der Waals surface area contributed by atoms with E-state index in [1.54, 1.807) is 24.3 Å². The van der Waals surface area contributed by atoms with Crippen molar-refractivity contribution in [2.75, 3.05) is 11.9 Å². The summed E-state index contributed by atoms with van der Waals surface area (Å²) in [4.78, 5) is 33.6. The van der Waals surface area contributed by atoms with Gasteiger partial charge in [0.15, 0.2) is 0 Å². The third-order valence-corrected chi connectivity index (χ3v) is 3.74. The van der Waals surface area contributed by atoms with Crippen molar-refractivity contribution >= 4 is 23.5 Å². The molecule has 118 valence electrons. The van der Waals surface area contributed by atoms with Gasteiger partial charge >= 0.3 is 5.97 Å². The Hall–Kier alpha value is -2.37. The molecule has 0 aliphatic heterocycles. The SMILES string of the molecule is O=C(O)CNC(=O)Cc1ccc(NC(=O)CC2CCC2)cc1. The van der Waals surface area contributed by atoms with Gasteiger partial charge in [-0.15, -0.1) is 0 Å². The van der Waals surface area contributed by atoms with Gasteiger partial charge in [-0.3, -0.25) is 14.4 Å². The highest BCUT2D eigenvalue weighted by atomic mass is 16.4. The lowest BCUT2D eigenvalue weighted by atomic mass is 9.83. The maximum absolute atomic E-state index is 11.8. The zero-order valence-corrected chi connectivity index (χ0v) is 12.3. The number of carboxylic acids is 1. The summed E-state index contributed by atoms with van der Waals surface area (Å²) in [5.74, 6) is -0.865. The summed E-state index contributed by atoms with van der Waals surface area (Å²) < 4.78 is 0. The smallest absolute Gasteiger partial charge is 0.322 e. The van der Waals surface area contributed by atoms with Gasteiger partial charge in [-0.1, -0.05) is 18.6 Å². The summed E-state index contributed by atoms with van der Waals surface area (Å²) >= 11 is 0. The van der Waals surface area contributed by atoms with Crippen molar-refractivity contribution in [3.8, 4) is 0 Å². The number of carbonyl (C=O) groups excluding carboxylic acids is 2. The Bertz CT molecular complexity index is 550. The second kappa shape index (κ2) is 7.59. The second-order valence-electron chi connectivity index (χ2n) is 5.59. The molecule has 1 aromatic carbocycles. The molecule has 3 N–H and O–H groups in total. The summed E-state index contributed by atoms with van der Waals surface area (Å²) in [6.45, 7) is -0.381. The van der Waals surface area contributed by atoms with Crippen LogP contribution in [0.3, 0.4) is 0 Å². The first kappa shape index (κ1) is 16.0. The molecule has 0 bridgehead atoms. The first-order valence-corrected chi connectivity index (χ1v) is 7.40. The van der Waals surface area contributed by atoms with Gasteiger partial charge in [-0.05, 0) is 36.5 Å². The van der Waals surface area contributed by atoms with Crippen molar-refractivity contribution in [2.24, 2.45) is 5.92 Å². The highest BCUT2D eigenvalue weighted by molar-refractivity contribution is 5.91. The van der Waals surface area contributed by atoms with E-state index in [0.717, 1.165) is 18.4 Å². The normalized spacial score (nSPS) is 14.0. The van der Waals surface area contributed by atoms with E-state index in [0.29, 0.717) is 18.0 Å². The Balaban J connectivity index is 1.78.